The van der Waals surface area contributed by atoms with Gasteiger partial charge in [-0.3, -0.25) is 0 Å². The Morgan fingerprint density at radius 3 is 2.35 bits per heavy atom. The van der Waals surface area contributed by atoms with E-state index in [1.54, 1.807) is 6.92 Å². The van der Waals surface area contributed by atoms with E-state index in [9.17, 15) is 14.0 Å². The van der Waals surface area contributed by atoms with Crippen molar-refractivity contribution in [3.05, 3.63) is 42.2 Å². The highest BCUT2D eigenvalue weighted by atomic mass is 19.1. The third kappa shape index (κ3) is 4.92. The number of rotatable bonds is 4. The van der Waals surface area contributed by atoms with Gasteiger partial charge in [-0.25, -0.2) is 14.0 Å². The van der Waals surface area contributed by atoms with Crippen molar-refractivity contribution in [1.82, 2.24) is 0 Å². The van der Waals surface area contributed by atoms with E-state index >= 15 is 0 Å². The van der Waals surface area contributed by atoms with Gasteiger partial charge in [0, 0.05) is 12.2 Å². The van der Waals surface area contributed by atoms with Gasteiger partial charge < -0.3 is 9.47 Å². The zero-order chi connectivity index (χ0) is 12.7. The van der Waals surface area contributed by atoms with Crippen LogP contribution in [0, 0.1) is 5.82 Å². The summed E-state index contributed by atoms with van der Waals surface area (Å²) in [4.78, 5) is 22.1. The van der Waals surface area contributed by atoms with Gasteiger partial charge in [0.1, 0.15) is 11.6 Å². The van der Waals surface area contributed by atoms with E-state index in [4.69, 9.17) is 4.74 Å². The molecule has 0 aromatic heterocycles. The Bertz CT molecular complexity index is 423. The van der Waals surface area contributed by atoms with Gasteiger partial charge in [-0.05, 0) is 31.2 Å². The molecule has 0 aliphatic rings. The van der Waals surface area contributed by atoms with Crippen LogP contribution < -0.4 is 4.74 Å². The van der Waals surface area contributed by atoms with Crippen molar-refractivity contribution < 1.29 is 23.5 Å². The molecule has 90 valence electrons. The van der Waals surface area contributed by atoms with Gasteiger partial charge >= 0.3 is 11.9 Å². The topological polar surface area (TPSA) is 52.6 Å². The average molecular weight is 238 g/mol. The molecule has 0 bridgehead atoms. The van der Waals surface area contributed by atoms with Gasteiger partial charge in [0.25, 0.3) is 0 Å². The minimum absolute atomic E-state index is 0.199. The molecule has 4 nitrogen and oxygen atoms in total. The second kappa shape index (κ2) is 6.42. The molecule has 0 unspecified atom stereocenters. The number of benzene rings is 1. The fourth-order valence-electron chi connectivity index (χ4n) is 0.979. The molecule has 0 spiro atoms. The Morgan fingerprint density at radius 2 is 1.76 bits per heavy atom. The van der Waals surface area contributed by atoms with E-state index in [1.807, 2.05) is 0 Å². The molecular formula is C12H11FO4. The van der Waals surface area contributed by atoms with Crippen molar-refractivity contribution in [2.24, 2.45) is 0 Å². The minimum atomic E-state index is -0.732. The molecule has 0 atom stereocenters. The Hall–Kier alpha value is -2.17. The summed E-state index contributed by atoms with van der Waals surface area (Å²) >= 11 is 0. The van der Waals surface area contributed by atoms with Crippen LogP contribution in [0.2, 0.25) is 0 Å². The van der Waals surface area contributed by atoms with Crippen molar-refractivity contribution in [2.75, 3.05) is 6.61 Å². The maximum absolute atomic E-state index is 12.5. The monoisotopic (exact) mass is 238 g/mol. The summed E-state index contributed by atoms with van der Waals surface area (Å²) in [6.45, 7) is 1.89. The van der Waals surface area contributed by atoms with Crippen molar-refractivity contribution in [3.63, 3.8) is 0 Å². The first-order chi connectivity index (χ1) is 8.11. The first-order valence-electron chi connectivity index (χ1n) is 4.94. The molecule has 5 heteroatoms. The highest BCUT2D eigenvalue weighted by Crippen LogP contribution is 2.11. The van der Waals surface area contributed by atoms with Crippen LogP contribution in [0.1, 0.15) is 6.92 Å². The largest absolute Gasteiger partial charge is 0.463 e. The second-order valence-electron chi connectivity index (χ2n) is 2.96. The molecule has 0 radical (unpaired) electrons. The molecule has 0 aliphatic carbocycles. The van der Waals surface area contributed by atoms with Crippen LogP contribution in [0.5, 0.6) is 5.75 Å². The summed E-state index contributed by atoms with van der Waals surface area (Å²) in [5, 5.41) is 0. The molecule has 0 saturated carbocycles. The zero-order valence-corrected chi connectivity index (χ0v) is 9.18. The molecule has 1 rings (SSSR count). The lowest BCUT2D eigenvalue weighted by molar-refractivity contribution is -0.138. The molecule has 1 aromatic carbocycles. The van der Waals surface area contributed by atoms with Crippen LogP contribution in [-0.4, -0.2) is 18.5 Å². The van der Waals surface area contributed by atoms with Gasteiger partial charge in [0.15, 0.2) is 0 Å². The van der Waals surface area contributed by atoms with Gasteiger partial charge in [-0.1, -0.05) is 0 Å². The van der Waals surface area contributed by atoms with Crippen molar-refractivity contribution in [3.8, 4) is 5.75 Å². The fourth-order valence-corrected chi connectivity index (χ4v) is 0.979. The van der Waals surface area contributed by atoms with Crippen molar-refractivity contribution in [2.45, 2.75) is 6.92 Å². The lowest BCUT2D eigenvalue weighted by atomic mass is 10.3. The summed E-state index contributed by atoms with van der Waals surface area (Å²) in [6.07, 6.45) is 1.91. The molecule has 17 heavy (non-hydrogen) atoms. The van der Waals surface area contributed by atoms with E-state index < -0.39 is 17.8 Å². The van der Waals surface area contributed by atoms with Crippen LogP contribution >= 0.6 is 0 Å². The maximum Gasteiger partial charge on any atom is 0.336 e. The fraction of sp³-hybridized carbons (Fsp3) is 0.167. The lowest BCUT2D eigenvalue weighted by Gasteiger charge is -2.00. The van der Waals surface area contributed by atoms with Crippen LogP contribution in [0.3, 0.4) is 0 Å². The molecular weight excluding hydrogens is 227 g/mol. The third-order valence-electron chi connectivity index (χ3n) is 1.67. The third-order valence-corrected chi connectivity index (χ3v) is 1.67. The smallest absolute Gasteiger partial charge is 0.336 e. The predicted molar refractivity (Wildman–Crippen MR) is 57.8 cm³/mol. The van der Waals surface area contributed by atoms with Crippen LogP contribution in [-0.2, 0) is 14.3 Å². The number of hydrogen-bond donors (Lipinski definition) is 0. The minimum Gasteiger partial charge on any atom is -0.463 e. The van der Waals surface area contributed by atoms with Gasteiger partial charge in [0.2, 0.25) is 0 Å². The molecule has 0 N–H and O–H groups in total. The summed E-state index contributed by atoms with van der Waals surface area (Å²) in [6, 6.07) is 4.95. The SMILES string of the molecule is CCOC(=O)/C=C/C(=O)Oc1ccc(F)cc1. The molecule has 0 amide bonds. The first-order valence-corrected chi connectivity index (χ1v) is 4.94. The van der Waals surface area contributed by atoms with E-state index in [2.05, 4.69) is 4.74 Å². The molecule has 0 saturated heterocycles. The molecule has 0 fully saturated rings. The summed E-state index contributed by atoms with van der Waals surface area (Å²) < 4.78 is 21.9. The number of halogens is 1. The summed E-state index contributed by atoms with van der Waals surface area (Å²) in [5.41, 5.74) is 0. The Kier molecular flexibility index (Phi) is 4.87. The first kappa shape index (κ1) is 12.9. The number of esters is 2. The molecule has 1 aromatic rings. The van der Waals surface area contributed by atoms with E-state index in [1.165, 1.54) is 12.1 Å². The summed E-state index contributed by atoms with van der Waals surface area (Å²) in [7, 11) is 0. The zero-order valence-electron chi connectivity index (χ0n) is 9.18. The maximum atomic E-state index is 12.5. The molecule has 0 aliphatic heterocycles. The Labute approximate surface area is 97.6 Å². The van der Waals surface area contributed by atoms with Gasteiger partial charge in [-0.15, -0.1) is 0 Å². The predicted octanol–water partition coefficient (Wildman–Crippen LogP) is 1.85. The van der Waals surface area contributed by atoms with Crippen LogP contribution in [0.25, 0.3) is 0 Å². The van der Waals surface area contributed by atoms with E-state index in [0.29, 0.717) is 0 Å². The number of carbonyl (C=O) groups is 2. The lowest BCUT2D eigenvalue weighted by Crippen LogP contribution is -2.06. The van der Waals surface area contributed by atoms with E-state index in [0.717, 1.165) is 24.3 Å². The number of carbonyl (C=O) groups excluding carboxylic acids is 2. The second-order valence-corrected chi connectivity index (χ2v) is 2.96. The van der Waals surface area contributed by atoms with Gasteiger partial charge in [0.05, 0.1) is 6.61 Å². The van der Waals surface area contributed by atoms with Gasteiger partial charge in [-0.2, -0.15) is 0 Å². The standard InChI is InChI=1S/C12H11FO4/c1-2-16-11(14)7-8-12(15)17-10-5-3-9(13)4-6-10/h3-8H,2H2,1H3/b8-7+. The summed E-state index contributed by atoms with van der Waals surface area (Å²) in [5.74, 6) is -1.58. The Morgan fingerprint density at radius 1 is 1.18 bits per heavy atom. The molecule has 0 heterocycles. The van der Waals surface area contributed by atoms with Crippen LogP contribution in [0.4, 0.5) is 4.39 Å². The highest BCUT2D eigenvalue weighted by molar-refractivity contribution is 5.92. The highest BCUT2D eigenvalue weighted by Gasteiger charge is 2.02. The number of hydrogen-bond acceptors (Lipinski definition) is 4. The van der Waals surface area contributed by atoms with Crippen molar-refractivity contribution in [1.29, 1.82) is 0 Å². The van der Waals surface area contributed by atoms with Crippen molar-refractivity contribution >= 4 is 11.9 Å². The normalized spacial score (nSPS) is 10.2. The van der Waals surface area contributed by atoms with E-state index in [-0.39, 0.29) is 12.4 Å². The van der Waals surface area contributed by atoms with Crippen LogP contribution in [0.15, 0.2) is 36.4 Å². The Balaban J connectivity index is 2.49. The number of ether oxygens (including phenoxy) is 2. The quantitative estimate of drug-likeness (QED) is 0.456. The average Bonchev–Trinajstić information content (AvgIpc) is 2.30.